The second-order valence-corrected chi connectivity index (χ2v) is 10.6. The van der Waals surface area contributed by atoms with Crippen molar-refractivity contribution >= 4 is 47.6 Å². The molecular formula is C29H44N8O10. The van der Waals surface area contributed by atoms with Gasteiger partial charge in [0, 0.05) is 44.8 Å². The predicted molar refractivity (Wildman–Crippen MR) is 168 cm³/mol. The number of carboxylic acid groups (broad SMARTS) is 3. The number of nitrogens with one attached hydrogen (secondary N) is 5. The van der Waals surface area contributed by atoms with Crippen molar-refractivity contribution < 1.29 is 48.9 Å². The summed E-state index contributed by atoms with van der Waals surface area (Å²) in [5.41, 5.74) is 11.5. The van der Waals surface area contributed by atoms with Crippen LogP contribution >= 0.6 is 0 Å². The molecule has 0 aliphatic heterocycles. The molecule has 260 valence electrons. The van der Waals surface area contributed by atoms with Gasteiger partial charge in [-0.3, -0.25) is 24.2 Å². The summed E-state index contributed by atoms with van der Waals surface area (Å²) < 4.78 is 0. The van der Waals surface area contributed by atoms with Crippen LogP contribution in [0.2, 0.25) is 0 Å². The first-order chi connectivity index (χ1) is 22.2. The first kappa shape index (κ1) is 39.6. The molecule has 0 heterocycles. The Hall–Kier alpha value is -5.42. The Balaban J connectivity index is 2.61. The lowest BCUT2D eigenvalue weighted by atomic mass is 10.0. The summed E-state index contributed by atoms with van der Waals surface area (Å²) in [5, 5.41) is 39.3. The van der Waals surface area contributed by atoms with Crippen LogP contribution in [0.15, 0.2) is 35.3 Å². The lowest BCUT2D eigenvalue weighted by Crippen LogP contribution is -2.51. The molecule has 1 rings (SSSR count). The normalized spacial score (nSPS) is 13.0. The Morgan fingerprint density at radius 1 is 0.745 bits per heavy atom. The van der Waals surface area contributed by atoms with Crippen LogP contribution in [0.3, 0.4) is 0 Å². The number of rotatable bonds is 22. The van der Waals surface area contributed by atoms with E-state index >= 15 is 0 Å². The number of guanidine groups is 1. The molecule has 5 amide bonds. The molecule has 1 aromatic rings. The van der Waals surface area contributed by atoms with Gasteiger partial charge in [-0.2, -0.15) is 0 Å². The lowest BCUT2D eigenvalue weighted by molar-refractivity contribution is -0.141. The average Bonchev–Trinajstić information content (AvgIpc) is 2.99. The van der Waals surface area contributed by atoms with E-state index in [1.807, 2.05) is 35.8 Å². The highest BCUT2D eigenvalue weighted by molar-refractivity contribution is 5.89. The van der Waals surface area contributed by atoms with Crippen LogP contribution in [0.1, 0.15) is 57.4 Å². The quantitative estimate of drug-likeness (QED) is 0.0390. The molecule has 47 heavy (non-hydrogen) atoms. The van der Waals surface area contributed by atoms with E-state index in [-0.39, 0.29) is 44.2 Å². The third-order valence-electron chi connectivity index (χ3n) is 6.60. The van der Waals surface area contributed by atoms with Crippen molar-refractivity contribution in [1.29, 1.82) is 0 Å². The van der Waals surface area contributed by atoms with Crippen molar-refractivity contribution in [2.24, 2.45) is 16.5 Å². The minimum absolute atomic E-state index is 0.0189. The minimum atomic E-state index is -1.57. The molecule has 0 aromatic heterocycles. The number of nitrogens with zero attached hydrogens (tertiary/aromatic N) is 1. The number of carboxylic acids is 3. The molecule has 0 spiro atoms. The van der Waals surface area contributed by atoms with Gasteiger partial charge in [-0.25, -0.2) is 14.4 Å². The van der Waals surface area contributed by atoms with Gasteiger partial charge in [-0.15, -0.1) is 0 Å². The van der Waals surface area contributed by atoms with Gasteiger partial charge in [-0.1, -0.05) is 30.3 Å². The topological polar surface area (TPSA) is 305 Å². The Labute approximate surface area is 271 Å². The zero-order valence-corrected chi connectivity index (χ0v) is 26.1. The van der Waals surface area contributed by atoms with Crippen LogP contribution in [0.4, 0.5) is 4.79 Å². The van der Waals surface area contributed by atoms with E-state index < -0.39 is 72.6 Å². The van der Waals surface area contributed by atoms with Crippen LogP contribution < -0.4 is 38.1 Å². The molecule has 12 N–H and O–H groups in total. The Kier molecular flexibility index (Phi) is 18.0. The second kappa shape index (κ2) is 21.3. The van der Waals surface area contributed by atoms with Crippen LogP contribution in [0.25, 0.3) is 0 Å². The van der Waals surface area contributed by atoms with Crippen molar-refractivity contribution in [2.75, 3.05) is 13.1 Å². The van der Waals surface area contributed by atoms with E-state index in [0.29, 0.717) is 19.4 Å². The SMILES string of the molecule is C[C@H](CCCN=C(N)N)NC(=O)[C@H](Cc1ccccc1)NC(=O)CCNC(=O)CCC(NC(=O)NC(CCC(=O)O)C(=O)O)C(=O)O. The summed E-state index contributed by atoms with van der Waals surface area (Å²) in [6, 6.07) is 3.64. The fourth-order valence-corrected chi connectivity index (χ4v) is 4.17. The zero-order valence-electron chi connectivity index (χ0n) is 26.1. The van der Waals surface area contributed by atoms with Crippen LogP contribution in [0, 0.1) is 0 Å². The van der Waals surface area contributed by atoms with E-state index in [0.717, 1.165) is 5.56 Å². The molecule has 18 nitrogen and oxygen atoms in total. The summed E-state index contributed by atoms with van der Waals surface area (Å²) in [6.45, 7) is 2.10. The summed E-state index contributed by atoms with van der Waals surface area (Å²) in [5.74, 6) is -5.82. The van der Waals surface area contributed by atoms with Gasteiger partial charge in [0.1, 0.15) is 18.1 Å². The summed E-state index contributed by atoms with van der Waals surface area (Å²) in [4.78, 5) is 87.6. The third-order valence-corrected chi connectivity index (χ3v) is 6.60. The number of nitrogens with two attached hydrogens (primary N) is 2. The maximum Gasteiger partial charge on any atom is 0.326 e. The number of aliphatic carboxylic acids is 3. The largest absolute Gasteiger partial charge is 0.481 e. The maximum absolute atomic E-state index is 13.1. The Morgan fingerprint density at radius 3 is 1.89 bits per heavy atom. The van der Waals surface area contributed by atoms with Crippen LogP contribution in [0.5, 0.6) is 0 Å². The van der Waals surface area contributed by atoms with E-state index in [9.17, 15) is 38.7 Å². The zero-order chi connectivity index (χ0) is 35.4. The Morgan fingerprint density at radius 2 is 1.34 bits per heavy atom. The molecule has 2 unspecified atom stereocenters. The first-order valence-corrected chi connectivity index (χ1v) is 14.9. The molecule has 0 bridgehead atoms. The Bertz CT molecular complexity index is 1260. The smallest absolute Gasteiger partial charge is 0.326 e. The van der Waals surface area contributed by atoms with E-state index in [4.69, 9.17) is 21.7 Å². The minimum Gasteiger partial charge on any atom is -0.481 e. The van der Waals surface area contributed by atoms with Gasteiger partial charge >= 0.3 is 23.9 Å². The number of hydrogen-bond donors (Lipinski definition) is 10. The van der Waals surface area contributed by atoms with Crippen LogP contribution in [-0.4, -0.2) is 100 Å². The van der Waals surface area contributed by atoms with Gasteiger partial charge in [0.15, 0.2) is 5.96 Å². The first-order valence-electron chi connectivity index (χ1n) is 14.9. The molecule has 0 saturated heterocycles. The number of urea groups is 1. The summed E-state index contributed by atoms with van der Waals surface area (Å²) in [6.07, 6.45) is -0.434. The van der Waals surface area contributed by atoms with Gasteiger partial charge in [-0.05, 0) is 38.2 Å². The molecule has 0 radical (unpaired) electrons. The molecule has 0 fully saturated rings. The van der Waals surface area contributed by atoms with Gasteiger partial charge in [0.2, 0.25) is 17.7 Å². The molecule has 0 aliphatic carbocycles. The van der Waals surface area contributed by atoms with Crippen molar-refractivity contribution in [3.63, 3.8) is 0 Å². The lowest BCUT2D eigenvalue weighted by Gasteiger charge is -2.22. The molecule has 1 aromatic carbocycles. The highest BCUT2D eigenvalue weighted by Gasteiger charge is 2.26. The monoisotopic (exact) mass is 664 g/mol. The van der Waals surface area contributed by atoms with Crippen molar-refractivity contribution in [2.45, 2.75) is 82.5 Å². The summed E-state index contributed by atoms with van der Waals surface area (Å²) in [7, 11) is 0. The number of carbonyl (C=O) groups excluding carboxylic acids is 4. The van der Waals surface area contributed by atoms with Gasteiger partial charge in [0.05, 0.1) is 0 Å². The molecular weight excluding hydrogens is 620 g/mol. The van der Waals surface area contributed by atoms with Gasteiger partial charge < -0.3 is 53.4 Å². The van der Waals surface area contributed by atoms with Crippen LogP contribution in [-0.2, 0) is 35.2 Å². The standard InChI is InChI=1S/C29H44N8O10/c1-17(6-5-14-33-28(30)31)34-25(42)21(16-18-7-3-2-4-8-18)35-23(39)13-15-32-22(38)11-9-19(26(43)44)36-29(47)37-20(27(45)46)10-12-24(40)41/h2-4,7-8,17,19-21H,5-6,9-16H2,1H3,(H,32,38)(H,34,42)(H,35,39)(H,40,41)(H,43,44)(H,45,46)(H4,30,31,33)(H2,36,37,47)/t17-,19?,20?,21+/m1/s1. The van der Waals surface area contributed by atoms with Crippen molar-refractivity contribution in [1.82, 2.24) is 26.6 Å². The number of hydrogen-bond acceptors (Lipinski definition) is 8. The second-order valence-electron chi connectivity index (χ2n) is 10.6. The summed E-state index contributed by atoms with van der Waals surface area (Å²) >= 11 is 0. The highest BCUT2D eigenvalue weighted by Crippen LogP contribution is 2.06. The number of benzene rings is 1. The third kappa shape index (κ3) is 18.2. The van der Waals surface area contributed by atoms with E-state index in [1.54, 1.807) is 12.1 Å². The number of aliphatic imine (C=N–C) groups is 1. The molecule has 0 aliphatic rings. The van der Waals surface area contributed by atoms with E-state index in [2.05, 4.69) is 20.9 Å². The fourth-order valence-electron chi connectivity index (χ4n) is 4.17. The average molecular weight is 665 g/mol. The van der Waals surface area contributed by atoms with Gasteiger partial charge in [0.25, 0.3) is 0 Å². The van der Waals surface area contributed by atoms with Crippen molar-refractivity contribution in [3.8, 4) is 0 Å². The fraction of sp³-hybridized carbons (Fsp3) is 0.517. The van der Waals surface area contributed by atoms with E-state index in [1.165, 1.54) is 0 Å². The molecule has 0 saturated carbocycles. The highest BCUT2D eigenvalue weighted by atomic mass is 16.4. The number of carbonyl (C=O) groups is 7. The molecule has 18 heteroatoms. The number of amides is 5. The predicted octanol–water partition coefficient (Wildman–Crippen LogP) is -1.37. The maximum atomic E-state index is 13.1. The van der Waals surface area contributed by atoms with Crippen molar-refractivity contribution in [3.05, 3.63) is 35.9 Å². The molecule has 4 atom stereocenters.